The molecule has 1 aromatic heterocycles. The molecule has 0 saturated carbocycles. The molecule has 0 spiro atoms. The monoisotopic (exact) mass is 338 g/mol. The summed E-state index contributed by atoms with van der Waals surface area (Å²) >= 11 is 4.94. The van der Waals surface area contributed by atoms with Crippen molar-refractivity contribution in [3.8, 4) is 0 Å². The number of alkyl halides is 1. The third kappa shape index (κ3) is 4.11. The van der Waals surface area contributed by atoms with Crippen LogP contribution in [-0.4, -0.2) is 23.4 Å². The van der Waals surface area contributed by atoms with E-state index in [4.69, 9.17) is 0 Å². The van der Waals surface area contributed by atoms with Crippen molar-refractivity contribution in [1.29, 1.82) is 0 Å². The van der Waals surface area contributed by atoms with Gasteiger partial charge in [0.1, 0.15) is 0 Å². The molecular weight excluding hydrogens is 324 g/mol. The molecule has 0 amide bonds. The fourth-order valence-electron chi connectivity index (χ4n) is 1.67. The zero-order valence-electron chi connectivity index (χ0n) is 10.7. The molecule has 0 N–H and O–H groups in total. The molecule has 2 rings (SSSR count). The number of azo groups is 1. The zero-order chi connectivity index (χ0) is 13.5. The summed E-state index contributed by atoms with van der Waals surface area (Å²) < 4.78 is 0. The number of thiazole rings is 1. The number of benzene rings is 1. The van der Waals surface area contributed by atoms with Gasteiger partial charge in [0.25, 0.3) is 0 Å². The first-order valence-corrected chi connectivity index (χ1v) is 8.06. The van der Waals surface area contributed by atoms with E-state index in [1.807, 2.05) is 17.5 Å². The lowest BCUT2D eigenvalue weighted by Gasteiger charge is -2.21. The van der Waals surface area contributed by atoms with Gasteiger partial charge in [-0.25, -0.2) is 4.98 Å². The van der Waals surface area contributed by atoms with Gasteiger partial charge in [-0.15, -0.1) is 21.6 Å². The van der Waals surface area contributed by atoms with E-state index in [1.165, 1.54) is 17.0 Å². The van der Waals surface area contributed by atoms with Crippen molar-refractivity contribution in [3.05, 3.63) is 35.8 Å². The number of nitrogens with zero attached hydrogens (tertiary/aromatic N) is 4. The summed E-state index contributed by atoms with van der Waals surface area (Å²) in [5.74, 6) is 0. The van der Waals surface area contributed by atoms with Crippen LogP contribution in [0.15, 0.2) is 46.1 Å². The Hall–Kier alpha value is -1.27. The predicted octanol–water partition coefficient (Wildman–Crippen LogP) is 4.78. The number of hydrogen-bond acceptors (Lipinski definition) is 5. The van der Waals surface area contributed by atoms with Gasteiger partial charge in [-0.1, -0.05) is 15.9 Å². The predicted molar refractivity (Wildman–Crippen MR) is 84.4 cm³/mol. The molecule has 0 fully saturated rings. The Balaban J connectivity index is 2.05. The largest absolute Gasteiger partial charge is 0.371 e. The second-order valence-electron chi connectivity index (χ2n) is 3.80. The molecule has 0 unspecified atom stereocenters. The second-order valence-corrected chi connectivity index (χ2v) is 5.47. The lowest BCUT2D eigenvalue weighted by atomic mass is 10.2. The van der Waals surface area contributed by atoms with Crippen LogP contribution >= 0.6 is 27.3 Å². The van der Waals surface area contributed by atoms with Crippen molar-refractivity contribution in [1.82, 2.24) is 4.98 Å². The topological polar surface area (TPSA) is 40.9 Å². The van der Waals surface area contributed by atoms with E-state index in [1.54, 1.807) is 6.20 Å². The van der Waals surface area contributed by atoms with Crippen molar-refractivity contribution in [2.45, 2.75) is 6.92 Å². The smallest absolute Gasteiger partial charge is 0.229 e. The summed E-state index contributed by atoms with van der Waals surface area (Å²) in [6.45, 7) is 4.14. The van der Waals surface area contributed by atoms with Gasteiger partial charge in [0.05, 0.1) is 5.69 Å². The fourth-order valence-corrected chi connectivity index (χ4v) is 2.55. The summed E-state index contributed by atoms with van der Waals surface area (Å²) in [6, 6.07) is 8.09. The third-order valence-corrected chi connectivity index (χ3v) is 3.63. The highest BCUT2D eigenvalue weighted by Crippen LogP contribution is 2.23. The minimum absolute atomic E-state index is 0.679. The first kappa shape index (κ1) is 14.1. The van der Waals surface area contributed by atoms with Crippen LogP contribution in [-0.2, 0) is 0 Å². The number of anilines is 1. The normalized spacial score (nSPS) is 11.1. The van der Waals surface area contributed by atoms with Gasteiger partial charge in [0, 0.05) is 35.7 Å². The maximum absolute atomic E-state index is 4.17. The summed E-state index contributed by atoms with van der Waals surface area (Å²) in [4.78, 5) is 6.36. The van der Waals surface area contributed by atoms with Crippen molar-refractivity contribution in [2.75, 3.05) is 23.3 Å². The minimum Gasteiger partial charge on any atom is -0.371 e. The van der Waals surface area contributed by atoms with Crippen LogP contribution in [0.4, 0.5) is 16.5 Å². The van der Waals surface area contributed by atoms with E-state index in [9.17, 15) is 0 Å². The second kappa shape index (κ2) is 7.35. The molecule has 0 aliphatic carbocycles. The molecule has 0 radical (unpaired) electrons. The zero-order valence-corrected chi connectivity index (χ0v) is 13.1. The van der Waals surface area contributed by atoms with Crippen LogP contribution in [0, 0.1) is 0 Å². The van der Waals surface area contributed by atoms with Gasteiger partial charge in [0.2, 0.25) is 5.13 Å². The molecule has 0 aliphatic rings. The molecule has 1 aromatic carbocycles. The number of halogens is 1. The molecule has 0 bridgehead atoms. The van der Waals surface area contributed by atoms with Gasteiger partial charge in [-0.2, -0.15) is 0 Å². The molecule has 2 aromatic rings. The highest BCUT2D eigenvalue weighted by Gasteiger charge is 2.02. The molecule has 1 heterocycles. The Labute approximate surface area is 125 Å². The van der Waals surface area contributed by atoms with Crippen LogP contribution in [0.3, 0.4) is 0 Å². The number of rotatable bonds is 6. The standard InChI is InChI=1S/C13H15BrN4S/c1-2-18(9-7-14)12-5-3-11(4-6-12)16-17-13-15-8-10-19-13/h3-6,8,10H,2,7,9H2,1H3. The average molecular weight is 339 g/mol. The van der Waals surface area contributed by atoms with E-state index in [2.05, 4.69) is 55.1 Å². The van der Waals surface area contributed by atoms with E-state index >= 15 is 0 Å². The van der Waals surface area contributed by atoms with E-state index in [-0.39, 0.29) is 0 Å². The van der Waals surface area contributed by atoms with Crippen LogP contribution in [0.1, 0.15) is 6.92 Å². The quantitative estimate of drug-likeness (QED) is 0.561. The molecule has 4 nitrogen and oxygen atoms in total. The summed E-state index contributed by atoms with van der Waals surface area (Å²) in [5, 5.41) is 11.8. The van der Waals surface area contributed by atoms with E-state index in [0.717, 1.165) is 24.1 Å². The fraction of sp³-hybridized carbons (Fsp3) is 0.308. The lowest BCUT2D eigenvalue weighted by Crippen LogP contribution is -2.24. The van der Waals surface area contributed by atoms with Crippen LogP contribution in [0.25, 0.3) is 0 Å². The van der Waals surface area contributed by atoms with Gasteiger partial charge in [0.15, 0.2) is 0 Å². The Morgan fingerprint density at radius 2 is 2.05 bits per heavy atom. The van der Waals surface area contributed by atoms with E-state index in [0.29, 0.717) is 5.13 Å². The highest BCUT2D eigenvalue weighted by atomic mass is 79.9. The first-order valence-electron chi connectivity index (χ1n) is 6.05. The summed E-state index contributed by atoms with van der Waals surface area (Å²) in [6.07, 6.45) is 1.72. The van der Waals surface area contributed by atoms with Gasteiger partial charge in [-0.05, 0) is 31.2 Å². The van der Waals surface area contributed by atoms with Crippen molar-refractivity contribution in [2.24, 2.45) is 10.2 Å². The highest BCUT2D eigenvalue weighted by molar-refractivity contribution is 9.09. The lowest BCUT2D eigenvalue weighted by molar-refractivity contribution is 0.875. The Kier molecular flexibility index (Phi) is 5.47. The van der Waals surface area contributed by atoms with Crippen molar-refractivity contribution in [3.63, 3.8) is 0 Å². The SMILES string of the molecule is CCN(CCBr)c1ccc(N=Nc2nccs2)cc1. The van der Waals surface area contributed by atoms with Crippen molar-refractivity contribution >= 4 is 43.8 Å². The molecule has 100 valence electrons. The first-order chi connectivity index (χ1) is 9.33. The maximum Gasteiger partial charge on any atom is 0.229 e. The Morgan fingerprint density at radius 1 is 1.26 bits per heavy atom. The van der Waals surface area contributed by atoms with Gasteiger partial charge in [-0.3, -0.25) is 0 Å². The van der Waals surface area contributed by atoms with Crippen molar-refractivity contribution < 1.29 is 0 Å². The molecule has 0 saturated heterocycles. The Morgan fingerprint density at radius 3 is 2.63 bits per heavy atom. The average Bonchev–Trinajstić information content (AvgIpc) is 2.96. The maximum atomic E-state index is 4.17. The summed E-state index contributed by atoms with van der Waals surface area (Å²) in [7, 11) is 0. The molecule has 0 aliphatic heterocycles. The molecule has 19 heavy (non-hydrogen) atoms. The van der Waals surface area contributed by atoms with Gasteiger partial charge >= 0.3 is 0 Å². The van der Waals surface area contributed by atoms with Crippen LogP contribution in [0.5, 0.6) is 0 Å². The number of aromatic nitrogens is 1. The molecular formula is C13H15BrN4S. The molecule has 6 heteroatoms. The minimum atomic E-state index is 0.679. The van der Waals surface area contributed by atoms with Gasteiger partial charge < -0.3 is 4.90 Å². The molecule has 0 atom stereocenters. The number of hydrogen-bond donors (Lipinski definition) is 0. The van der Waals surface area contributed by atoms with Crippen LogP contribution < -0.4 is 4.90 Å². The van der Waals surface area contributed by atoms with Crippen LogP contribution in [0.2, 0.25) is 0 Å². The Bertz CT molecular complexity index is 510. The third-order valence-electron chi connectivity index (χ3n) is 2.62. The van der Waals surface area contributed by atoms with E-state index < -0.39 is 0 Å². The summed E-state index contributed by atoms with van der Waals surface area (Å²) in [5.41, 5.74) is 2.05.